The molecule has 4 aromatic rings. The molecule has 0 unspecified atom stereocenters. The van der Waals surface area contributed by atoms with Crippen molar-refractivity contribution >= 4 is 33.3 Å². The highest BCUT2D eigenvalue weighted by Gasteiger charge is 2.19. The standard InChI is InChI=1S/C28H32NO2S/c1-5-29(3,6-2)19-20-31-26-18-16-22-12-8-10-14-24(22)28(26)32-27-23-13-9-7-11-21(23)15-17-25(27)30-4/h7-18H,5-6,19-20H2,1-4H3/q+1. The van der Waals surface area contributed by atoms with E-state index in [1.807, 2.05) is 0 Å². The Morgan fingerprint density at radius 3 is 1.81 bits per heavy atom. The van der Waals surface area contributed by atoms with Crippen molar-refractivity contribution in [2.75, 3.05) is 40.4 Å². The molecule has 166 valence electrons. The fourth-order valence-corrected chi connectivity index (χ4v) is 5.22. The van der Waals surface area contributed by atoms with Gasteiger partial charge in [-0.15, -0.1) is 0 Å². The molecule has 0 N–H and O–H groups in total. The maximum absolute atomic E-state index is 6.43. The van der Waals surface area contributed by atoms with Crippen molar-refractivity contribution in [3.63, 3.8) is 0 Å². The van der Waals surface area contributed by atoms with Gasteiger partial charge in [0.15, 0.2) is 0 Å². The molecular formula is C28H32NO2S+. The summed E-state index contributed by atoms with van der Waals surface area (Å²) in [6, 6.07) is 25.4. The molecule has 4 heteroatoms. The van der Waals surface area contributed by atoms with Crippen LogP contribution in [0.5, 0.6) is 11.5 Å². The van der Waals surface area contributed by atoms with Gasteiger partial charge in [0.1, 0.15) is 24.7 Å². The Hall–Kier alpha value is -2.69. The maximum Gasteiger partial charge on any atom is 0.137 e. The predicted molar refractivity (Wildman–Crippen MR) is 136 cm³/mol. The molecule has 0 saturated heterocycles. The zero-order chi connectivity index (χ0) is 22.6. The first-order chi connectivity index (χ1) is 15.6. The molecule has 0 aliphatic rings. The van der Waals surface area contributed by atoms with Gasteiger partial charge in [-0.1, -0.05) is 72.4 Å². The summed E-state index contributed by atoms with van der Waals surface area (Å²) in [6.45, 7) is 8.37. The van der Waals surface area contributed by atoms with Gasteiger partial charge < -0.3 is 14.0 Å². The van der Waals surface area contributed by atoms with Crippen molar-refractivity contribution in [3.05, 3.63) is 72.8 Å². The van der Waals surface area contributed by atoms with Crippen LogP contribution in [0.25, 0.3) is 21.5 Å². The van der Waals surface area contributed by atoms with Crippen molar-refractivity contribution < 1.29 is 14.0 Å². The normalized spacial score (nSPS) is 11.8. The summed E-state index contributed by atoms with van der Waals surface area (Å²) in [5, 5.41) is 4.81. The third-order valence-electron chi connectivity index (χ3n) is 6.53. The maximum atomic E-state index is 6.43. The fraction of sp³-hybridized carbons (Fsp3) is 0.286. The fourth-order valence-electron chi connectivity index (χ4n) is 3.95. The molecule has 0 aliphatic carbocycles. The Labute approximate surface area is 195 Å². The Bertz CT molecular complexity index is 1220. The zero-order valence-electron chi connectivity index (χ0n) is 19.4. The number of benzene rings is 4. The van der Waals surface area contributed by atoms with E-state index in [1.165, 1.54) is 21.5 Å². The largest absolute Gasteiger partial charge is 0.496 e. The average Bonchev–Trinajstić information content (AvgIpc) is 2.85. The molecule has 0 amide bonds. The molecule has 32 heavy (non-hydrogen) atoms. The highest BCUT2D eigenvalue weighted by Crippen LogP contribution is 2.46. The molecule has 4 rings (SSSR count). The molecule has 4 aromatic carbocycles. The lowest BCUT2D eigenvalue weighted by Gasteiger charge is -2.32. The molecule has 0 radical (unpaired) electrons. The van der Waals surface area contributed by atoms with Crippen LogP contribution >= 0.6 is 11.8 Å². The van der Waals surface area contributed by atoms with Crippen LogP contribution in [0.3, 0.4) is 0 Å². The second-order valence-electron chi connectivity index (χ2n) is 8.36. The summed E-state index contributed by atoms with van der Waals surface area (Å²) in [5.74, 6) is 1.82. The van der Waals surface area contributed by atoms with Crippen LogP contribution in [-0.2, 0) is 0 Å². The van der Waals surface area contributed by atoms with Crippen LogP contribution in [0.2, 0.25) is 0 Å². The molecular weight excluding hydrogens is 414 g/mol. The summed E-state index contributed by atoms with van der Waals surface area (Å²) in [7, 11) is 4.03. The second kappa shape index (κ2) is 9.85. The van der Waals surface area contributed by atoms with Gasteiger partial charge in [0.2, 0.25) is 0 Å². The lowest BCUT2D eigenvalue weighted by molar-refractivity contribution is -0.906. The monoisotopic (exact) mass is 446 g/mol. The minimum Gasteiger partial charge on any atom is -0.496 e. The number of rotatable bonds is 9. The number of nitrogens with zero attached hydrogens (tertiary/aromatic N) is 1. The summed E-state index contributed by atoms with van der Waals surface area (Å²) >= 11 is 1.74. The summed E-state index contributed by atoms with van der Waals surface area (Å²) in [5.41, 5.74) is 0. The number of quaternary nitrogens is 1. The first-order valence-corrected chi connectivity index (χ1v) is 12.1. The lowest BCUT2D eigenvalue weighted by Crippen LogP contribution is -2.46. The van der Waals surface area contributed by atoms with Gasteiger partial charge in [0, 0.05) is 0 Å². The average molecular weight is 447 g/mol. The molecule has 0 bridgehead atoms. The van der Waals surface area contributed by atoms with Crippen molar-refractivity contribution in [2.45, 2.75) is 23.6 Å². The smallest absolute Gasteiger partial charge is 0.137 e. The molecule has 0 spiro atoms. The minimum absolute atomic E-state index is 0.691. The quantitative estimate of drug-likeness (QED) is 0.257. The molecule has 3 nitrogen and oxygen atoms in total. The minimum atomic E-state index is 0.691. The third-order valence-corrected chi connectivity index (χ3v) is 7.78. The summed E-state index contributed by atoms with van der Waals surface area (Å²) < 4.78 is 13.2. The van der Waals surface area contributed by atoms with E-state index in [-0.39, 0.29) is 0 Å². The third kappa shape index (κ3) is 4.57. The van der Waals surface area contributed by atoms with E-state index in [9.17, 15) is 0 Å². The van der Waals surface area contributed by atoms with E-state index in [0.717, 1.165) is 45.4 Å². The van der Waals surface area contributed by atoms with Crippen molar-refractivity contribution in [2.24, 2.45) is 0 Å². The first-order valence-electron chi connectivity index (χ1n) is 11.3. The van der Waals surface area contributed by atoms with Crippen molar-refractivity contribution in [1.82, 2.24) is 0 Å². The Morgan fingerprint density at radius 1 is 0.719 bits per heavy atom. The molecule has 0 saturated carbocycles. The summed E-state index contributed by atoms with van der Waals surface area (Å²) in [6.07, 6.45) is 0. The van der Waals surface area contributed by atoms with Gasteiger partial charge in [-0.2, -0.15) is 0 Å². The lowest BCUT2D eigenvalue weighted by atomic mass is 10.1. The number of hydrogen-bond acceptors (Lipinski definition) is 3. The Kier molecular flexibility index (Phi) is 6.92. The molecule has 0 atom stereocenters. The van der Waals surface area contributed by atoms with E-state index >= 15 is 0 Å². The molecule has 0 fully saturated rings. The van der Waals surface area contributed by atoms with Crippen molar-refractivity contribution in [1.29, 1.82) is 0 Å². The number of hydrogen-bond donors (Lipinski definition) is 0. The van der Waals surface area contributed by atoms with Gasteiger partial charge >= 0.3 is 0 Å². The molecule has 0 aromatic heterocycles. The Balaban J connectivity index is 1.76. The predicted octanol–water partition coefficient (Wildman–Crippen LogP) is 7.02. The van der Waals surface area contributed by atoms with Gasteiger partial charge in [0.05, 0.1) is 37.0 Å². The number of fused-ring (bicyclic) bond motifs is 2. The van der Waals surface area contributed by atoms with Crippen LogP contribution in [0.1, 0.15) is 13.8 Å². The van der Waals surface area contributed by atoms with E-state index < -0.39 is 0 Å². The highest BCUT2D eigenvalue weighted by molar-refractivity contribution is 8.00. The van der Waals surface area contributed by atoms with Crippen LogP contribution in [0.15, 0.2) is 82.6 Å². The highest BCUT2D eigenvalue weighted by atomic mass is 32.2. The van der Waals surface area contributed by atoms with E-state index in [4.69, 9.17) is 9.47 Å². The number of methoxy groups -OCH3 is 1. The first kappa shape index (κ1) is 22.5. The zero-order valence-corrected chi connectivity index (χ0v) is 20.2. The van der Waals surface area contributed by atoms with Crippen LogP contribution in [0.4, 0.5) is 0 Å². The number of ether oxygens (including phenoxy) is 2. The van der Waals surface area contributed by atoms with Crippen molar-refractivity contribution in [3.8, 4) is 11.5 Å². The van der Waals surface area contributed by atoms with Crippen LogP contribution in [-0.4, -0.2) is 44.9 Å². The topological polar surface area (TPSA) is 18.5 Å². The van der Waals surface area contributed by atoms with E-state index in [0.29, 0.717) is 6.61 Å². The van der Waals surface area contributed by atoms with Gasteiger partial charge in [-0.3, -0.25) is 0 Å². The van der Waals surface area contributed by atoms with E-state index in [2.05, 4.69) is 93.7 Å². The van der Waals surface area contributed by atoms with Gasteiger partial charge in [-0.05, 0) is 47.5 Å². The van der Waals surface area contributed by atoms with E-state index in [1.54, 1.807) is 18.9 Å². The van der Waals surface area contributed by atoms with Gasteiger partial charge in [-0.25, -0.2) is 0 Å². The van der Waals surface area contributed by atoms with Gasteiger partial charge in [0.25, 0.3) is 0 Å². The molecule has 0 heterocycles. The number of likely N-dealkylation sites (N-methyl/N-ethyl adjacent to an activating group) is 1. The van der Waals surface area contributed by atoms with Crippen LogP contribution < -0.4 is 9.47 Å². The second-order valence-corrected chi connectivity index (χ2v) is 9.38. The summed E-state index contributed by atoms with van der Waals surface area (Å²) in [4.78, 5) is 2.26. The molecule has 0 aliphatic heterocycles. The SMILES string of the molecule is CC[N+](C)(CC)CCOc1ccc2ccccc2c1Sc1c(OC)ccc2ccccc12. The Morgan fingerprint density at radius 2 is 1.25 bits per heavy atom. The van der Waals surface area contributed by atoms with Crippen LogP contribution in [0, 0.1) is 0 Å².